The van der Waals surface area contributed by atoms with Crippen molar-refractivity contribution in [3.8, 4) is 11.5 Å². The van der Waals surface area contributed by atoms with E-state index in [1.54, 1.807) is 0 Å². The Balaban J connectivity index is 1.61. The highest BCUT2D eigenvalue weighted by atomic mass is 79.9. The number of ether oxygens (including phenoxy) is 2. The third kappa shape index (κ3) is 2.70. The number of hydrogen-bond donors (Lipinski definition) is 0. The van der Waals surface area contributed by atoms with Gasteiger partial charge in [-0.1, -0.05) is 12.1 Å². The molecule has 118 valence electrons. The van der Waals surface area contributed by atoms with Gasteiger partial charge in [-0.3, -0.25) is 4.79 Å². The quantitative estimate of drug-likeness (QED) is 0.768. The molecule has 0 radical (unpaired) electrons. The number of amides is 1. The first-order valence-corrected chi connectivity index (χ1v) is 8.47. The number of carbonyl (C=O) groups is 1. The van der Waals surface area contributed by atoms with Crippen molar-refractivity contribution in [1.29, 1.82) is 0 Å². The summed E-state index contributed by atoms with van der Waals surface area (Å²) < 4.78 is 12.1. The van der Waals surface area contributed by atoms with Crippen LogP contribution >= 0.6 is 15.9 Å². The molecular formula is C18H16BrNO3. The van der Waals surface area contributed by atoms with Gasteiger partial charge in [0.1, 0.15) is 13.2 Å². The van der Waals surface area contributed by atoms with Gasteiger partial charge in [0.05, 0.1) is 5.56 Å². The molecule has 2 heterocycles. The van der Waals surface area contributed by atoms with E-state index >= 15 is 0 Å². The van der Waals surface area contributed by atoms with Gasteiger partial charge in [0, 0.05) is 17.6 Å². The zero-order valence-electron chi connectivity index (χ0n) is 12.5. The summed E-state index contributed by atoms with van der Waals surface area (Å²) >= 11 is 3.46. The van der Waals surface area contributed by atoms with E-state index < -0.39 is 0 Å². The van der Waals surface area contributed by atoms with Crippen LogP contribution in [0, 0.1) is 0 Å². The zero-order chi connectivity index (χ0) is 15.8. The van der Waals surface area contributed by atoms with Gasteiger partial charge in [-0.2, -0.15) is 0 Å². The highest BCUT2D eigenvalue weighted by molar-refractivity contribution is 9.10. The Hall–Kier alpha value is -2.01. The van der Waals surface area contributed by atoms with Gasteiger partial charge in [0.15, 0.2) is 11.5 Å². The summed E-state index contributed by atoms with van der Waals surface area (Å²) in [6.45, 7) is 2.49. The highest BCUT2D eigenvalue weighted by Gasteiger charge is 2.25. The van der Waals surface area contributed by atoms with E-state index in [0.717, 1.165) is 28.0 Å². The molecule has 0 saturated heterocycles. The number of nitrogens with zero attached hydrogens (tertiary/aromatic N) is 1. The van der Waals surface area contributed by atoms with Gasteiger partial charge in [0.2, 0.25) is 0 Å². The van der Waals surface area contributed by atoms with E-state index in [4.69, 9.17) is 9.47 Å². The normalized spacial score (nSPS) is 16.0. The number of hydrogen-bond acceptors (Lipinski definition) is 3. The first kappa shape index (κ1) is 14.6. The molecule has 0 aliphatic carbocycles. The van der Waals surface area contributed by atoms with Crippen molar-refractivity contribution in [2.24, 2.45) is 0 Å². The summed E-state index contributed by atoms with van der Waals surface area (Å²) in [6.07, 6.45) is 0.835. The van der Waals surface area contributed by atoms with Crippen LogP contribution in [0.5, 0.6) is 11.5 Å². The third-order valence-corrected chi connectivity index (χ3v) is 4.96. The minimum Gasteiger partial charge on any atom is -0.486 e. The lowest BCUT2D eigenvalue weighted by Crippen LogP contribution is -2.36. The van der Waals surface area contributed by atoms with Crippen LogP contribution in [-0.2, 0) is 13.0 Å². The van der Waals surface area contributed by atoms with Crippen LogP contribution < -0.4 is 9.47 Å². The van der Waals surface area contributed by atoms with E-state index in [0.29, 0.717) is 31.9 Å². The van der Waals surface area contributed by atoms with E-state index in [1.165, 1.54) is 5.56 Å². The summed E-state index contributed by atoms with van der Waals surface area (Å²) in [5, 5.41) is 0. The summed E-state index contributed by atoms with van der Waals surface area (Å²) in [5.74, 6) is 1.66. The minimum absolute atomic E-state index is 0.0537. The summed E-state index contributed by atoms with van der Waals surface area (Å²) in [6, 6.07) is 11.6. The first-order chi connectivity index (χ1) is 11.2. The standard InChI is InChI=1S/C18H16BrNO3/c19-15-4-2-1-3-14(15)18(21)20-6-5-12-9-16-17(10-13(12)11-20)23-8-7-22-16/h1-4,9-10H,5-8,11H2. The minimum atomic E-state index is 0.0537. The number of halogens is 1. The van der Waals surface area contributed by atoms with Crippen LogP contribution in [0.4, 0.5) is 0 Å². The average molecular weight is 374 g/mol. The fourth-order valence-corrected chi connectivity index (χ4v) is 3.53. The SMILES string of the molecule is O=C(c1ccccc1Br)N1CCc2cc3c(cc2C1)OCCO3. The molecule has 4 nitrogen and oxygen atoms in total. The second-order valence-electron chi connectivity index (χ2n) is 5.72. The Bertz CT molecular complexity index is 775. The van der Waals surface area contributed by atoms with Crippen LogP contribution in [0.3, 0.4) is 0 Å². The van der Waals surface area contributed by atoms with Gasteiger partial charge in [-0.25, -0.2) is 0 Å². The monoisotopic (exact) mass is 373 g/mol. The predicted octanol–water partition coefficient (Wildman–Crippen LogP) is 3.42. The molecule has 1 amide bonds. The second-order valence-corrected chi connectivity index (χ2v) is 6.58. The van der Waals surface area contributed by atoms with E-state index in [-0.39, 0.29) is 5.91 Å². The molecule has 2 aromatic rings. The van der Waals surface area contributed by atoms with Crippen molar-refractivity contribution in [3.63, 3.8) is 0 Å². The molecule has 2 aliphatic heterocycles. The fourth-order valence-electron chi connectivity index (χ4n) is 3.07. The predicted molar refractivity (Wildman–Crippen MR) is 90.0 cm³/mol. The van der Waals surface area contributed by atoms with Gasteiger partial charge >= 0.3 is 0 Å². The molecule has 0 unspecified atom stereocenters. The molecule has 2 aliphatic rings. The van der Waals surface area contributed by atoms with Crippen molar-refractivity contribution in [2.45, 2.75) is 13.0 Å². The topological polar surface area (TPSA) is 38.8 Å². The summed E-state index contributed by atoms with van der Waals surface area (Å²) in [5.41, 5.74) is 3.08. The number of carbonyl (C=O) groups excluding carboxylic acids is 1. The van der Waals surface area contributed by atoms with Crippen molar-refractivity contribution in [3.05, 3.63) is 57.6 Å². The lowest BCUT2D eigenvalue weighted by Gasteiger charge is -2.31. The molecule has 0 bridgehead atoms. The molecule has 4 rings (SSSR count). The fraction of sp³-hybridized carbons (Fsp3) is 0.278. The lowest BCUT2D eigenvalue weighted by molar-refractivity contribution is 0.0733. The van der Waals surface area contributed by atoms with Crippen LogP contribution in [-0.4, -0.2) is 30.6 Å². The Morgan fingerprint density at radius 1 is 1.04 bits per heavy atom. The Morgan fingerprint density at radius 2 is 1.74 bits per heavy atom. The van der Waals surface area contributed by atoms with Crippen molar-refractivity contribution in [1.82, 2.24) is 4.90 Å². The van der Waals surface area contributed by atoms with Crippen molar-refractivity contribution in [2.75, 3.05) is 19.8 Å². The Kier molecular flexibility index (Phi) is 3.73. The lowest BCUT2D eigenvalue weighted by atomic mass is 9.98. The maximum absolute atomic E-state index is 12.8. The number of rotatable bonds is 1. The Morgan fingerprint density at radius 3 is 2.48 bits per heavy atom. The number of fused-ring (bicyclic) bond motifs is 2. The molecule has 0 spiro atoms. The number of benzene rings is 2. The molecule has 5 heteroatoms. The highest BCUT2D eigenvalue weighted by Crippen LogP contribution is 2.35. The summed E-state index contributed by atoms with van der Waals surface area (Å²) in [7, 11) is 0. The molecule has 0 N–H and O–H groups in total. The van der Waals surface area contributed by atoms with Gasteiger partial charge in [-0.15, -0.1) is 0 Å². The van der Waals surface area contributed by atoms with Crippen LogP contribution in [0.1, 0.15) is 21.5 Å². The molecule has 2 aromatic carbocycles. The molecular weight excluding hydrogens is 358 g/mol. The van der Waals surface area contributed by atoms with Crippen molar-refractivity contribution >= 4 is 21.8 Å². The largest absolute Gasteiger partial charge is 0.486 e. The Labute approximate surface area is 143 Å². The van der Waals surface area contributed by atoms with Crippen molar-refractivity contribution < 1.29 is 14.3 Å². The van der Waals surface area contributed by atoms with E-state index in [2.05, 4.69) is 22.0 Å². The molecule has 0 atom stereocenters. The molecule has 0 fully saturated rings. The maximum Gasteiger partial charge on any atom is 0.255 e. The van der Waals surface area contributed by atoms with Crippen LogP contribution in [0.15, 0.2) is 40.9 Å². The molecule has 23 heavy (non-hydrogen) atoms. The second kappa shape index (κ2) is 5.89. The van der Waals surface area contributed by atoms with E-state index in [9.17, 15) is 4.79 Å². The smallest absolute Gasteiger partial charge is 0.255 e. The van der Waals surface area contributed by atoms with E-state index in [1.807, 2.05) is 35.2 Å². The average Bonchev–Trinajstić information content (AvgIpc) is 2.59. The molecule has 0 saturated carbocycles. The molecule has 0 aromatic heterocycles. The van der Waals surface area contributed by atoms with Gasteiger partial charge in [0.25, 0.3) is 5.91 Å². The van der Waals surface area contributed by atoms with Gasteiger partial charge < -0.3 is 14.4 Å². The maximum atomic E-state index is 12.8. The van der Waals surface area contributed by atoms with Crippen LogP contribution in [0.2, 0.25) is 0 Å². The zero-order valence-corrected chi connectivity index (χ0v) is 14.1. The third-order valence-electron chi connectivity index (χ3n) is 4.27. The van der Waals surface area contributed by atoms with Gasteiger partial charge in [-0.05, 0) is 57.7 Å². The summed E-state index contributed by atoms with van der Waals surface area (Å²) in [4.78, 5) is 14.6. The first-order valence-electron chi connectivity index (χ1n) is 7.67. The van der Waals surface area contributed by atoms with Crippen LogP contribution in [0.25, 0.3) is 0 Å².